The predicted octanol–water partition coefficient (Wildman–Crippen LogP) is 3.16. The first kappa shape index (κ1) is 18.7. The molecule has 2 aromatic rings. The zero-order valence-corrected chi connectivity index (χ0v) is 14.1. The van der Waals surface area contributed by atoms with Crippen molar-refractivity contribution in [3.05, 3.63) is 64.4 Å². The standard InChI is InChI=1S/C18H21ClFNO3/c19-18-11-16(20)5-4-15(18)13-24-17-3-1-2-14(10-17)12-21-6-8-23-9-7-22/h1-5,10-11,21-22H,6-9,12-13H2. The van der Waals surface area contributed by atoms with Crippen LogP contribution in [0.3, 0.4) is 0 Å². The fourth-order valence-electron chi connectivity index (χ4n) is 2.09. The third-order valence-electron chi connectivity index (χ3n) is 3.30. The van der Waals surface area contributed by atoms with E-state index in [1.54, 1.807) is 6.07 Å². The first-order valence-corrected chi connectivity index (χ1v) is 8.12. The maximum atomic E-state index is 13.0. The van der Waals surface area contributed by atoms with Gasteiger partial charge in [0.1, 0.15) is 18.2 Å². The molecule has 0 aliphatic rings. The summed E-state index contributed by atoms with van der Waals surface area (Å²) in [4.78, 5) is 0. The highest BCUT2D eigenvalue weighted by atomic mass is 35.5. The summed E-state index contributed by atoms with van der Waals surface area (Å²) in [7, 11) is 0. The van der Waals surface area contributed by atoms with E-state index in [0.717, 1.165) is 16.9 Å². The van der Waals surface area contributed by atoms with Crippen molar-refractivity contribution in [2.75, 3.05) is 26.4 Å². The molecule has 24 heavy (non-hydrogen) atoms. The summed E-state index contributed by atoms with van der Waals surface area (Å²) in [6.45, 7) is 2.63. The van der Waals surface area contributed by atoms with Crippen LogP contribution in [0.4, 0.5) is 4.39 Å². The Kier molecular flexibility index (Phi) is 7.98. The van der Waals surface area contributed by atoms with Crippen molar-refractivity contribution in [1.29, 1.82) is 0 Å². The van der Waals surface area contributed by atoms with Gasteiger partial charge < -0.3 is 19.9 Å². The highest BCUT2D eigenvalue weighted by molar-refractivity contribution is 6.31. The Balaban J connectivity index is 1.79. The van der Waals surface area contributed by atoms with Crippen LogP contribution in [-0.2, 0) is 17.9 Å². The monoisotopic (exact) mass is 353 g/mol. The van der Waals surface area contributed by atoms with Gasteiger partial charge in [0, 0.05) is 18.7 Å². The van der Waals surface area contributed by atoms with E-state index in [2.05, 4.69) is 5.32 Å². The number of ether oxygens (including phenoxy) is 2. The van der Waals surface area contributed by atoms with Gasteiger partial charge in [-0.25, -0.2) is 4.39 Å². The van der Waals surface area contributed by atoms with Gasteiger partial charge in [-0.2, -0.15) is 0 Å². The molecular formula is C18H21ClFNO3. The van der Waals surface area contributed by atoms with E-state index in [1.807, 2.05) is 24.3 Å². The van der Waals surface area contributed by atoms with E-state index in [0.29, 0.717) is 31.3 Å². The molecule has 0 atom stereocenters. The molecule has 2 aromatic carbocycles. The van der Waals surface area contributed by atoms with Gasteiger partial charge in [-0.3, -0.25) is 0 Å². The average Bonchev–Trinajstić information content (AvgIpc) is 2.58. The summed E-state index contributed by atoms with van der Waals surface area (Å²) in [5, 5.41) is 12.2. The van der Waals surface area contributed by atoms with Crippen LogP contribution < -0.4 is 10.1 Å². The summed E-state index contributed by atoms with van der Waals surface area (Å²) < 4.78 is 23.9. The number of aliphatic hydroxyl groups is 1. The number of benzene rings is 2. The number of rotatable bonds is 10. The number of hydrogen-bond donors (Lipinski definition) is 2. The first-order chi connectivity index (χ1) is 11.7. The molecule has 4 nitrogen and oxygen atoms in total. The Hall–Kier alpha value is -1.66. The second-order valence-electron chi connectivity index (χ2n) is 5.18. The van der Waals surface area contributed by atoms with Gasteiger partial charge in [0.15, 0.2) is 0 Å². The normalized spacial score (nSPS) is 10.8. The Morgan fingerprint density at radius 1 is 1.12 bits per heavy atom. The third kappa shape index (κ3) is 6.45. The molecule has 0 amide bonds. The molecule has 130 valence electrons. The van der Waals surface area contributed by atoms with Crippen LogP contribution in [0.15, 0.2) is 42.5 Å². The van der Waals surface area contributed by atoms with Gasteiger partial charge in [-0.05, 0) is 29.8 Å². The van der Waals surface area contributed by atoms with E-state index in [4.69, 9.17) is 26.2 Å². The van der Waals surface area contributed by atoms with Gasteiger partial charge in [0.25, 0.3) is 0 Å². The van der Waals surface area contributed by atoms with E-state index in [1.165, 1.54) is 12.1 Å². The van der Waals surface area contributed by atoms with Crippen LogP contribution in [0.25, 0.3) is 0 Å². The summed E-state index contributed by atoms with van der Waals surface area (Å²) in [5.41, 5.74) is 1.82. The molecule has 6 heteroatoms. The fourth-order valence-corrected chi connectivity index (χ4v) is 2.31. The van der Waals surface area contributed by atoms with Crippen LogP contribution in [0.5, 0.6) is 5.75 Å². The Morgan fingerprint density at radius 2 is 2.00 bits per heavy atom. The summed E-state index contributed by atoms with van der Waals surface area (Å²) in [6.07, 6.45) is 0. The highest BCUT2D eigenvalue weighted by Gasteiger charge is 2.04. The van der Waals surface area contributed by atoms with Crippen LogP contribution in [0.2, 0.25) is 5.02 Å². The smallest absolute Gasteiger partial charge is 0.124 e. The van der Waals surface area contributed by atoms with Crippen molar-refractivity contribution in [3.63, 3.8) is 0 Å². The molecule has 2 N–H and O–H groups in total. The lowest BCUT2D eigenvalue weighted by Crippen LogP contribution is -2.20. The Bertz CT molecular complexity index is 639. The number of nitrogens with one attached hydrogen (secondary N) is 1. The lowest BCUT2D eigenvalue weighted by atomic mass is 10.2. The maximum Gasteiger partial charge on any atom is 0.124 e. The van der Waals surface area contributed by atoms with Gasteiger partial charge in [-0.15, -0.1) is 0 Å². The summed E-state index contributed by atoms with van der Waals surface area (Å²) >= 11 is 5.99. The molecule has 0 aliphatic carbocycles. The van der Waals surface area contributed by atoms with Crippen LogP contribution in [0, 0.1) is 5.82 Å². The van der Waals surface area contributed by atoms with E-state index in [9.17, 15) is 4.39 Å². The summed E-state index contributed by atoms with van der Waals surface area (Å²) in [5.74, 6) is 0.367. The Labute approximate surface area is 146 Å². The minimum Gasteiger partial charge on any atom is -0.489 e. The quantitative estimate of drug-likeness (QED) is 0.644. The second-order valence-corrected chi connectivity index (χ2v) is 5.59. The molecule has 0 heterocycles. The molecule has 0 spiro atoms. The van der Waals surface area contributed by atoms with Gasteiger partial charge in [0.05, 0.1) is 24.8 Å². The summed E-state index contributed by atoms with van der Waals surface area (Å²) in [6, 6.07) is 12.0. The predicted molar refractivity (Wildman–Crippen MR) is 91.8 cm³/mol. The van der Waals surface area contributed by atoms with E-state index in [-0.39, 0.29) is 19.0 Å². The van der Waals surface area contributed by atoms with Gasteiger partial charge in [-0.1, -0.05) is 29.8 Å². The molecule has 0 saturated carbocycles. The SMILES string of the molecule is OCCOCCNCc1cccc(OCc2ccc(F)cc2Cl)c1. The minimum atomic E-state index is -0.361. The second kappa shape index (κ2) is 10.3. The van der Waals surface area contributed by atoms with Gasteiger partial charge >= 0.3 is 0 Å². The molecule has 0 aliphatic heterocycles. The van der Waals surface area contributed by atoms with Crippen molar-refractivity contribution < 1.29 is 19.0 Å². The van der Waals surface area contributed by atoms with Crippen molar-refractivity contribution >= 4 is 11.6 Å². The molecule has 0 radical (unpaired) electrons. The zero-order valence-electron chi connectivity index (χ0n) is 13.3. The minimum absolute atomic E-state index is 0.0391. The molecule has 0 aromatic heterocycles. The number of halogens is 2. The first-order valence-electron chi connectivity index (χ1n) is 7.74. The molecule has 2 rings (SSSR count). The Morgan fingerprint density at radius 3 is 2.79 bits per heavy atom. The third-order valence-corrected chi connectivity index (χ3v) is 3.65. The zero-order chi connectivity index (χ0) is 17.2. The fraction of sp³-hybridized carbons (Fsp3) is 0.333. The van der Waals surface area contributed by atoms with Crippen LogP contribution in [0.1, 0.15) is 11.1 Å². The van der Waals surface area contributed by atoms with Gasteiger partial charge in [0.2, 0.25) is 0 Å². The molecule has 0 bridgehead atoms. The van der Waals surface area contributed by atoms with E-state index >= 15 is 0 Å². The van der Waals surface area contributed by atoms with E-state index < -0.39 is 0 Å². The van der Waals surface area contributed by atoms with Crippen molar-refractivity contribution in [3.8, 4) is 5.75 Å². The lowest BCUT2D eigenvalue weighted by molar-refractivity contribution is 0.0938. The van der Waals surface area contributed by atoms with Crippen LogP contribution >= 0.6 is 11.6 Å². The molecule has 0 fully saturated rings. The highest BCUT2D eigenvalue weighted by Crippen LogP contribution is 2.20. The van der Waals surface area contributed by atoms with Crippen molar-refractivity contribution in [2.45, 2.75) is 13.2 Å². The topological polar surface area (TPSA) is 50.7 Å². The number of hydrogen-bond acceptors (Lipinski definition) is 4. The maximum absolute atomic E-state index is 13.0. The van der Waals surface area contributed by atoms with Crippen molar-refractivity contribution in [2.24, 2.45) is 0 Å². The largest absolute Gasteiger partial charge is 0.489 e. The van der Waals surface area contributed by atoms with Crippen LogP contribution in [-0.4, -0.2) is 31.5 Å². The molecular weight excluding hydrogens is 333 g/mol. The molecule has 0 unspecified atom stereocenters. The lowest BCUT2D eigenvalue weighted by Gasteiger charge is -2.10. The number of aliphatic hydroxyl groups excluding tert-OH is 1. The molecule has 0 saturated heterocycles. The van der Waals surface area contributed by atoms with Crippen molar-refractivity contribution in [1.82, 2.24) is 5.32 Å². The average molecular weight is 354 g/mol.